The van der Waals surface area contributed by atoms with Crippen LogP contribution in [0.25, 0.3) is 6.08 Å². The predicted molar refractivity (Wildman–Crippen MR) is 60.4 cm³/mol. The van der Waals surface area contributed by atoms with Gasteiger partial charge in [-0.3, -0.25) is 0 Å². The summed E-state index contributed by atoms with van der Waals surface area (Å²) in [5.74, 6) is 0.323. The molecule has 0 radical (unpaired) electrons. The third kappa shape index (κ3) is 3.23. The van der Waals surface area contributed by atoms with E-state index < -0.39 is 0 Å². The van der Waals surface area contributed by atoms with Crippen molar-refractivity contribution in [1.82, 2.24) is 5.32 Å². The van der Waals surface area contributed by atoms with Crippen LogP contribution in [0.5, 0.6) is 5.75 Å². The quantitative estimate of drug-likeness (QED) is 0.716. The maximum Gasteiger partial charge on any atom is 0.116 e. The Bertz CT molecular complexity index is 318. The minimum Gasteiger partial charge on any atom is -0.508 e. The van der Waals surface area contributed by atoms with Gasteiger partial charge in [0.2, 0.25) is 0 Å². The number of hydrogen-bond acceptors (Lipinski definition) is 2. The number of benzene rings is 1. The summed E-state index contributed by atoms with van der Waals surface area (Å²) >= 11 is 0. The van der Waals surface area contributed by atoms with Crippen molar-refractivity contribution in [3.63, 3.8) is 0 Å². The van der Waals surface area contributed by atoms with E-state index in [0.29, 0.717) is 5.75 Å². The Morgan fingerprint density at radius 1 is 1.43 bits per heavy atom. The van der Waals surface area contributed by atoms with Gasteiger partial charge in [0.25, 0.3) is 0 Å². The van der Waals surface area contributed by atoms with E-state index in [1.165, 1.54) is 5.56 Å². The first kappa shape index (κ1) is 10.8. The van der Waals surface area contributed by atoms with E-state index in [9.17, 15) is 5.11 Å². The fraction of sp³-hybridized carbons (Fsp3) is 0.333. The first-order chi connectivity index (χ1) is 6.74. The molecule has 0 aliphatic rings. The SMILES string of the molecule is CNCCC=Cc1cc(O)ccc1C. The standard InChI is InChI=1S/C12H17NO/c1-10-6-7-12(14)9-11(10)5-3-4-8-13-2/h3,5-7,9,13-14H,4,8H2,1-2H3. The number of rotatable bonds is 4. The van der Waals surface area contributed by atoms with Crippen LogP contribution in [0.4, 0.5) is 0 Å². The summed E-state index contributed by atoms with van der Waals surface area (Å²) in [6.07, 6.45) is 5.16. The fourth-order valence-electron chi connectivity index (χ4n) is 1.25. The number of phenols is 1. The molecule has 0 bridgehead atoms. The molecule has 14 heavy (non-hydrogen) atoms. The lowest BCUT2D eigenvalue weighted by Gasteiger charge is -2.00. The highest BCUT2D eigenvalue weighted by molar-refractivity contribution is 5.55. The Hall–Kier alpha value is -1.28. The molecule has 0 aliphatic heterocycles. The molecule has 1 aromatic carbocycles. The van der Waals surface area contributed by atoms with Crippen molar-refractivity contribution < 1.29 is 5.11 Å². The summed E-state index contributed by atoms with van der Waals surface area (Å²) in [6, 6.07) is 5.42. The zero-order valence-corrected chi connectivity index (χ0v) is 8.75. The normalized spacial score (nSPS) is 11.0. The van der Waals surface area contributed by atoms with E-state index in [1.807, 2.05) is 26.1 Å². The van der Waals surface area contributed by atoms with Crippen LogP contribution < -0.4 is 5.32 Å². The van der Waals surface area contributed by atoms with Crippen LogP contribution in [0.15, 0.2) is 24.3 Å². The molecule has 1 aromatic rings. The minimum atomic E-state index is 0.323. The molecule has 76 valence electrons. The molecule has 0 saturated carbocycles. The van der Waals surface area contributed by atoms with Gasteiger partial charge in [-0.2, -0.15) is 0 Å². The van der Waals surface area contributed by atoms with E-state index >= 15 is 0 Å². The van der Waals surface area contributed by atoms with Gasteiger partial charge in [0.1, 0.15) is 5.75 Å². The maximum absolute atomic E-state index is 9.29. The highest BCUT2D eigenvalue weighted by Gasteiger charge is 1.94. The van der Waals surface area contributed by atoms with Crippen LogP contribution in [0.2, 0.25) is 0 Å². The Balaban J connectivity index is 2.65. The zero-order chi connectivity index (χ0) is 10.4. The molecule has 0 heterocycles. The van der Waals surface area contributed by atoms with Crippen molar-refractivity contribution in [3.8, 4) is 5.75 Å². The van der Waals surface area contributed by atoms with E-state index in [-0.39, 0.29) is 0 Å². The van der Waals surface area contributed by atoms with Gasteiger partial charge >= 0.3 is 0 Å². The molecule has 0 unspecified atom stereocenters. The Morgan fingerprint density at radius 3 is 2.93 bits per heavy atom. The third-order valence-corrected chi connectivity index (χ3v) is 2.12. The van der Waals surface area contributed by atoms with Gasteiger partial charge in [0.15, 0.2) is 0 Å². The van der Waals surface area contributed by atoms with Gasteiger partial charge in [-0.05, 0) is 50.2 Å². The largest absolute Gasteiger partial charge is 0.508 e. The molecule has 0 saturated heterocycles. The van der Waals surface area contributed by atoms with Crippen molar-refractivity contribution >= 4 is 6.08 Å². The van der Waals surface area contributed by atoms with Crippen molar-refractivity contribution in [3.05, 3.63) is 35.4 Å². The first-order valence-corrected chi connectivity index (χ1v) is 4.85. The van der Waals surface area contributed by atoms with Crippen LogP contribution >= 0.6 is 0 Å². The van der Waals surface area contributed by atoms with E-state index in [2.05, 4.69) is 11.4 Å². The second-order valence-corrected chi connectivity index (χ2v) is 3.34. The smallest absolute Gasteiger partial charge is 0.116 e. The number of hydrogen-bond donors (Lipinski definition) is 2. The number of nitrogens with one attached hydrogen (secondary N) is 1. The molecule has 0 fully saturated rings. The van der Waals surface area contributed by atoms with Crippen LogP contribution in [-0.4, -0.2) is 18.7 Å². The van der Waals surface area contributed by atoms with Crippen molar-refractivity contribution in [2.75, 3.05) is 13.6 Å². The lowest BCUT2D eigenvalue weighted by molar-refractivity contribution is 0.475. The van der Waals surface area contributed by atoms with E-state index in [4.69, 9.17) is 0 Å². The summed E-state index contributed by atoms with van der Waals surface area (Å²) < 4.78 is 0. The summed E-state index contributed by atoms with van der Waals surface area (Å²) in [5.41, 5.74) is 2.27. The highest BCUT2D eigenvalue weighted by Crippen LogP contribution is 2.17. The van der Waals surface area contributed by atoms with Crippen molar-refractivity contribution in [2.24, 2.45) is 0 Å². The summed E-state index contributed by atoms with van der Waals surface area (Å²) in [6.45, 7) is 3.02. The maximum atomic E-state index is 9.29. The van der Waals surface area contributed by atoms with Crippen molar-refractivity contribution in [2.45, 2.75) is 13.3 Å². The average molecular weight is 191 g/mol. The molecule has 2 heteroatoms. The molecule has 0 aliphatic carbocycles. The second kappa shape index (κ2) is 5.45. The molecule has 0 amide bonds. The second-order valence-electron chi connectivity index (χ2n) is 3.34. The molecule has 2 N–H and O–H groups in total. The summed E-state index contributed by atoms with van der Waals surface area (Å²) in [4.78, 5) is 0. The van der Waals surface area contributed by atoms with Crippen LogP contribution in [0.1, 0.15) is 17.5 Å². The highest BCUT2D eigenvalue weighted by atomic mass is 16.3. The van der Waals surface area contributed by atoms with Gasteiger partial charge in [0.05, 0.1) is 0 Å². The summed E-state index contributed by atoms with van der Waals surface area (Å²) in [7, 11) is 1.94. The van der Waals surface area contributed by atoms with E-state index in [0.717, 1.165) is 18.5 Å². The Kier molecular flexibility index (Phi) is 4.20. The Labute approximate surface area is 85.3 Å². The van der Waals surface area contributed by atoms with Crippen LogP contribution in [0, 0.1) is 6.92 Å². The zero-order valence-electron chi connectivity index (χ0n) is 8.75. The topological polar surface area (TPSA) is 32.3 Å². The van der Waals surface area contributed by atoms with Gasteiger partial charge in [-0.1, -0.05) is 18.2 Å². The minimum absolute atomic E-state index is 0.323. The molecule has 2 nitrogen and oxygen atoms in total. The van der Waals surface area contributed by atoms with Crippen LogP contribution in [-0.2, 0) is 0 Å². The fourth-order valence-corrected chi connectivity index (χ4v) is 1.25. The molecule has 1 rings (SSSR count). The number of aryl methyl sites for hydroxylation is 1. The monoisotopic (exact) mass is 191 g/mol. The van der Waals surface area contributed by atoms with Gasteiger partial charge < -0.3 is 10.4 Å². The molecule has 0 aromatic heterocycles. The first-order valence-electron chi connectivity index (χ1n) is 4.85. The molecular formula is C12H17NO. The van der Waals surface area contributed by atoms with Gasteiger partial charge in [-0.15, -0.1) is 0 Å². The van der Waals surface area contributed by atoms with Crippen molar-refractivity contribution in [1.29, 1.82) is 0 Å². The van der Waals surface area contributed by atoms with Crippen LogP contribution in [0.3, 0.4) is 0 Å². The van der Waals surface area contributed by atoms with Gasteiger partial charge in [-0.25, -0.2) is 0 Å². The Morgan fingerprint density at radius 2 is 2.21 bits per heavy atom. The lowest BCUT2D eigenvalue weighted by Crippen LogP contribution is -2.05. The molecule has 0 spiro atoms. The predicted octanol–water partition coefficient (Wildman–Crippen LogP) is 2.32. The number of aromatic hydroxyl groups is 1. The van der Waals surface area contributed by atoms with Gasteiger partial charge in [0, 0.05) is 0 Å². The lowest BCUT2D eigenvalue weighted by atomic mass is 10.1. The molecule has 0 atom stereocenters. The van der Waals surface area contributed by atoms with E-state index in [1.54, 1.807) is 12.1 Å². The average Bonchev–Trinajstić information content (AvgIpc) is 2.18. The third-order valence-electron chi connectivity index (χ3n) is 2.12. The summed E-state index contributed by atoms with van der Waals surface area (Å²) in [5, 5.41) is 12.4. The molecular weight excluding hydrogens is 174 g/mol. The number of phenolic OH excluding ortho intramolecular Hbond substituents is 1.